The molecule has 0 aliphatic carbocycles. The lowest BCUT2D eigenvalue weighted by Gasteiger charge is -2.29. The fourth-order valence-electron chi connectivity index (χ4n) is 2.42. The second-order valence-electron chi connectivity index (χ2n) is 6.41. The zero-order valence-electron chi connectivity index (χ0n) is 15.7. The van der Waals surface area contributed by atoms with Gasteiger partial charge in [-0.2, -0.15) is 0 Å². The van der Waals surface area contributed by atoms with Gasteiger partial charge in [-0.25, -0.2) is 0 Å². The van der Waals surface area contributed by atoms with E-state index in [4.69, 9.17) is 18.9 Å². The number of esters is 4. The Morgan fingerprint density at radius 2 is 1.40 bits per heavy atom. The molecule has 0 bridgehead atoms. The molecule has 8 nitrogen and oxygen atoms in total. The van der Waals surface area contributed by atoms with Gasteiger partial charge in [0.15, 0.2) is 0 Å². The van der Waals surface area contributed by atoms with Crippen molar-refractivity contribution in [2.45, 2.75) is 66.1 Å². The van der Waals surface area contributed by atoms with Crippen LogP contribution in [0.3, 0.4) is 0 Å². The highest BCUT2D eigenvalue weighted by atomic mass is 16.6. The molecule has 0 heterocycles. The molecule has 25 heavy (non-hydrogen) atoms. The Morgan fingerprint density at radius 1 is 0.880 bits per heavy atom. The second kappa shape index (κ2) is 10.7. The fourth-order valence-corrected chi connectivity index (χ4v) is 2.42. The van der Waals surface area contributed by atoms with Gasteiger partial charge in [-0.15, -0.1) is 0 Å². The Bertz CT molecular complexity index is 483. The SMILES string of the molecule is COC(=O)C(C)(C)CC(CC(CCOC(C)=O)OC(C)=O)OC(C)=O. The van der Waals surface area contributed by atoms with Gasteiger partial charge in [0, 0.05) is 40.0 Å². The summed E-state index contributed by atoms with van der Waals surface area (Å²) in [5.74, 6) is -1.88. The predicted molar refractivity (Wildman–Crippen MR) is 87.4 cm³/mol. The molecule has 0 amide bonds. The maximum absolute atomic E-state index is 11.9. The molecule has 0 aromatic rings. The summed E-state index contributed by atoms with van der Waals surface area (Å²) in [5, 5.41) is 0. The van der Waals surface area contributed by atoms with Crippen LogP contribution in [0.25, 0.3) is 0 Å². The number of hydrogen-bond acceptors (Lipinski definition) is 8. The standard InChI is InChI=1S/C17H28O8/c1-11(18)23-8-7-14(24-12(2)19)9-15(25-13(3)20)10-17(4,5)16(21)22-6/h14-15H,7-10H2,1-6H3. The van der Waals surface area contributed by atoms with Crippen LogP contribution >= 0.6 is 0 Å². The first-order valence-corrected chi connectivity index (χ1v) is 8.04. The van der Waals surface area contributed by atoms with Crippen LogP contribution in [0, 0.1) is 5.41 Å². The quantitative estimate of drug-likeness (QED) is 0.429. The van der Waals surface area contributed by atoms with Gasteiger partial charge >= 0.3 is 23.9 Å². The molecule has 0 spiro atoms. The van der Waals surface area contributed by atoms with Crippen LogP contribution in [0.5, 0.6) is 0 Å². The molecule has 0 rings (SSSR count). The lowest BCUT2D eigenvalue weighted by molar-refractivity contribution is -0.161. The Morgan fingerprint density at radius 3 is 1.84 bits per heavy atom. The van der Waals surface area contributed by atoms with Crippen LogP contribution in [0.4, 0.5) is 0 Å². The van der Waals surface area contributed by atoms with E-state index in [0.29, 0.717) is 0 Å². The predicted octanol–water partition coefficient (Wildman–Crippen LogP) is 1.78. The number of carbonyl (C=O) groups excluding carboxylic acids is 4. The van der Waals surface area contributed by atoms with E-state index in [1.165, 1.54) is 27.9 Å². The van der Waals surface area contributed by atoms with E-state index in [9.17, 15) is 19.2 Å². The molecule has 8 heteroatoms. The summed E-state index contributed by atoms with van der Waals surface area (Å²) in [6.07, 6.45) is -0.635. The molecule has 0 saturated heterocycles. The zero-order chi connectivity index (χ0) is 19.6. The van der Waals surface area contributed by atoms with Gasteiger partial charge in [0.2, 0.25) is 0 Å². The molecule has 0 radical (unpaired) electrons. The topological polar surface area (TPSA) is 105 Å². The molecule has 0 fully saturated rings. The molecule has 0 aromatic heterocycles. The molecule has 2 unspecified atom stereocenters. The van der Waals surface area contributed by atoms with E-state index in [-0.39, 0.29) is 25.9 Å². The maximum Gasteiger partial charge on any atom is 0.311 e. The molecular formula is C17H28O8. The third-order valence-electron chi connectivity index (χ3n) is 3.41. The van der Waals surface area contributed by atoms with Gasteiger partial charge in [0.1, 0.15) is 12.2 Å². The van der Waals surface area contributed by atoms with Crippen molar-refractivity contribution in [2.75, 3.05) is 13.7 Å². The van der Waals surface area contributed by atoms with Gasteiger partial charge in [-0.1, -0.05) is 0 Å². The molecule has 0 aromatic carbocycles. The first-order valence-electron chi connectivity index (χ1n) is 8.04. The minimum atomic E-state index is -0.883. The van der Waals surface area contributed by atoms with Crippen LogP contribution in [0.2, 0.25) is 0 Å². The van der Waals surface area contributed by atoms with Crippen molar-refractivity contribution < 1.29 is 38.1 Å². The summed E-state index contributed by atoms with van der Waals surface area (Å²) < 4.78 is 20.1. The summed E-state index contributed by atoms with van der Waals surface area (Å²) in [4.78, 5) is 45.4. The molecular weight excluding hydrogens is 332 g/mol. The Kier molecular flexibility index (Phi) is 9.78. The fraction of sp³-hybridized carbons (Fsp3) is 0.765. The highest BCUT2D eigenvalue weighted by Crippen LogP contribution is 2.28. The second-order valence-corrected chi connectivity index (χ2v) is 6.41. The normalized spacial score (nSPS) is 13.4. The van der Waals surface area contributed by atoms with E-state index < -0.39 is 41.5 Å². The lowest BCUT2D eigenvalue weighted by Crippen LogP contribution is -2.35. The molecule has 2 atom stereocenters. The van der Waals surface area contributed by atoms with Gasteiger partial charge in [-0.05, 0) is 13.8 Å². The van der Waals surface area contributed by atoms with E-state index in [1.807, 2.05) is 0 Å². The van der Waals surface area contributed by atoms with Crippen LogP contribution < -0.4 is 0 Å². The number of rotatable bonds is 10. The lowest BCUT2D eigenvalue weighted by atomic mass is 9.85. The third kappa shape index (κ3) is 10.4. The van der Waals surface area contributed by atoms with Crippen molar-refractivity contribution >= 4 is 23.9 Å². The van der Waals surface area contributed by atoms with Crippen molar-refractivity contribution in [3.8, 4) is 0 Å². The summed E-state index contributed by atoms with van der Waals surface area (Å²) in [6, 6.07) is 0. The Labute approximate surface area is 148 Å². The number of hydrogen-bond donors (Lipinski definition) is 0. The number of ether oxygens (including phenoxy) is 4. The van der Waals surface area contributed by atoms with Crippen molar-refractivity contribution in [3.05, 3.63) is 0 Å². The molecule has 0 aliphatic rings. The van der Waals surface area contributed by atoms with E-state index in [1.54, 1.807) is 13.8 Å². The smallest absolute Gasteiger partial charge is 0.311 e. The third-order valence-corrected chi connectivity index (χ3v) is 3.41. The van der Waals surface area contributed by atoms with Crippen LogP contribution in [0.1, 0.15) is 53.9 Å². The van der Waals surface area contributed by atoms with Gasteiger partial charge < -0.3 is 18.9 Å². The van der Waals surface area contributed by atoms with Crippen molar-refractivity contribution in [2.24, 2.45) is 5.41 Å². The minimum Gasteiger partial charge on any atom is -0.469 e. The molecule has 0 saturated carbocycles. The average molecular weight is 360 g/mol. The highest BCUT2D eigenvalue weighted by molar-refractivity contribution is 5.75. The largest absolute Gasteiger partial charge is 0.469 e. The first kappa shape index (κ1) is 22.9. The van der Waals surface area contributed by atoms with Gasteiger partial charge in [-0.3, -0.25) is 19.2 Å². The molecule has 144 valence electrons. The molecule has 0 aliphatic heterocycles. The maximum atomic E-state index is 11.9. The Hall–Kier alpha value is -2.12. The summed E-state index contributed by atoms with van der Waals surface area (Å²) >= 11 is 0. The summed E-state index contributed by atoms with van der Waals surface area (Å²) in [5.41, 5.74) is -0.883. The Balaban J connectivity index is 5.05. The van der Waals surface area contributed by atoms with Crippen LogP contribution in [-0.4, -0.2) is 49.8 Å². The summed E-state index contributed by atoms with van der Waals surface area (Å²) in [6.45, 7) is 7.22. The minimum absolute atomic E-state index is 0.0699. The van der Waals surface area contributed by atoms with Crippen molar-refractivity contribution in [1.82, 2.24) is 0 Å². The average Bonchev–Trinajstić information content (AvgIpc) is 2.43. The number of carbonyl (C=O) groups is 4. The summed E-state index contributed by atoms with van der Waals surface area (Å²) in [7, 11) is 1.28. The highest BCUT2D eigenvalue weighted by Gasteiger charge is 2.34. The van der Waals surface area contributed by atoms with Crippen molar-refractivity contribution in [3.63, 3.8) is 0 Å². The molecule has 0 N–H and O–H groups in total. The zero-order valence-corrected chi connectivity index (χ0v) is 15.7. The van der Waals surface area contributed by atoms with Gasteiger partial charge in [0.05, 0.1) is 19.1 Å². The van der Waals surface area contributed by atoms with E-state index in [0.717, 1.165) is 0 Å². The van der Waals surface area contributed by atoms with E-state index >= 15 is 0 Å². The van der Waals surface area contributed by atoms with Crippen LogP contribution in [0.15, 0.2) is 0 Å². The van der Waals surface area contributed by atoms with E-state index in [2.05, 4.69) is 0 Å². The monoisotopic (exact) mass is 360 g/mol. The number of methoxy groups -OCH3 is 1. The van der Waals surface area contributed by atoms with Crippen molar-refractivity contribution in [1.29, 1.82) is 0 Å². The van der Waals surface area contributed by atoms with Crippen LogP contribution in [-0.2, 0) is 38.1 Å². The first-order chi connectivity index (χ1) is 11.5. The van der Waals surface area contributed by atoms with Gasteiger partial charge in [0.25, 0.3) is 0 Å².